The highest BCUT2D eigenvalue weighted by molar-refractivity contribution is 5.72. The van der Waals surface area contributed by atoms with Crippen LogP contribution in [-0.2, 0) is 9.53 Å². The molecule has 1 aromatic rings. The maximum absolute atomic E-state index is 11.8. The number of aromatic nitrogens is 1. The van der Waals surface area contributed by atoms with Gasteiger partial charge in [0.1, 0.15) is 0 Å². The second-order valence-electron chi connectivity index (χ2n) is 5.00. The number of nitrogens with zero attached hydrogens (tertiary/aromatic N) is 1. The van der Waals surface area contributed by atoms with E-state index in [2.05, 4.69) is 11.1 Å². The number of pyridine rings is 1. The number of hydrogen-bond acceptors (Lipinski definition) is 3. The summed E-state index contributed by atoms with van der Waals surface area (Å²) in [6, 6.07) is 4.12. The van der Waals surface area contributed by atoms with Crippen molar-refractivity contribution in [2.24, 2.45) is 5.92 Å². The van der Waals surface area contributed by atoms with Crippen molar-refractivity contribution < 1.29 is 9.53 Å². The van der Waals surface area contributed by atoms with Gasteiger partial charge in [0.05, 0.1) is 12.5 Å². The van der Waals surface area contributed by atoms with Crippen LogP contribution in [0.2, 0.25) is 0 Å². The first-order valence-electron chi connectivity index (χ1n) is 6.87. The molecule has 0 unspecified atom stereocenters. The van der Waals surface area contributed by atoms with Crippen LogP contribution < -0.4 is 0 Å². The summed E-state index contributed by atoms with van der Waals surface area (Å²) in [5, 5.41) is 0. The molecule has 3 nitrogen and oxygen atoms in total. The minimum Gasteiger partial charge on any atom is -0.465 e. The van der Waals surface area contributed by atoms with Crippen LogP contribution in [0.5, 0.6) is 0 Å². The molecule has 1 aromatic heterocycles. The van der Waals surface area contributed by atoms with E-state index in [9.17, 15) is 4.79 Å². The van der Waals surface area contributed by atoms with Gasteiger partial charge in [-0.3, -0.25) is 9.78 Å². The number of rotatable bonds is 4. The van der Waals surface area contributed by atoms with E-state index in [-0.39, 0.29) is 11.9 Å². The van der Waals surface area contributed by atoms with Crippen LogP contribution in [0.1, 0.15) is 50.5 Å². The van der Waals surface area contributed by atoms with Gasteiger partial charge in [0, 0.05) is 12.4 Å². The molecule has 0 saturated heterocycles. The third kappa shape index (κ3) is 3.31. The van der Waals surface area contributed by atoms with E-state index in [4.69, 9.17) is 4.74 Å². The molecule has 98 valence electrons. The average Bonchev–Trinajstić information content (AvgIpc) is 2.46. The Bertz CT molecular complexity index is 369. The van der Waals surface area contributed by atoms with Gasteiger partial charge < -0.3 is 4.74 Å². The lowest BCUT2D eigenvalue weighted by atomic mass is 9.79. The Kier molecular flexibility index (Phi) is 4.73. The van der Waals surface area contributed by atoms with Crippen molar-refractivity contribution in [2.75, 3.05) is 6.61 Å². The minimum absolute atomic E-state index is 0.00138. The van der Waals surface area contributed by atoms with E-state index in [1.807, 2.05) is 19.2 Å². The van der Waals surface area contributed by atoms with E-state index in [1.54, 1.807) is 6.20 Å². The number of carbonyl (C=O) groups excluding carboxylic acids is 1. The van der Waals surface area contributed by atoms with E-state index in [0.717, 1.165) is 32.1 Å². The fourth-order valence-corrected chi connectivity index (χ4v) is 2.60. The second kappa shape index (κ2) is 6.53. The fraction of sp³-hybridized carbons (Fsp3) is 0.600. The Hall–Kier alpha value is -1.38. The van der Waals surface area contributed by atoms with Gasteiger partial charge in [-0.25, -0.2) is 0 Å². The van der Waals surface area contributed by atoms with Crippen molar-refractivity contribution in [1.82, 2.24) is 4.98 Å². The van der Waals surface area contributed by atoms with E-state index < -0.39 is 0 Å². The van der Waals surface area contributed by atoms with Gasteiger partial charge in [-0.05, 0) is 49.7 Å². The Morgan fingerprint density at radius 3 is 2.78 bits per heavy atom. The SMILES string of the molecule is CCCOC(=O)C1CCC(c2cccnc2)CC1. The predicted octanol–water partition coefficient (Wildman–Crippen LogP) is 3.31. The molecule has 0 aromatic carbocycles. The monoisotopic (exact) mass is 247 g/mol. The third-order valence-electron chi connectivity index (χ3n) is 3.66. The summed E-state index contributed by atoms with van der Waals surface area (Å²) in [5.74, 6) is 0.680. The van der Waals surface area contributed by atoms with Crippen molar-refractivity contribution in [3.8, 4) is 0 Å². The zero-order valence-corrected chi connectivity index (χ0v) is 11.0. The van der Waals surface area contributed by atoms with Crippen molar-refractivity contribution in [1.29, 1.82) is 0 Å². The minimum atomic E-state index is 0.00138. The molecule has 0 spiro atoms. The maximum atomic E-state index is 11.8. The number of hydrogen-bond donors (Lipinski definition) is 0. The molecule has 1 saturated carbocycles. The Labute approximate surface area is 109 Å². The zero-order valence-electron chi connectivity index (χ0n) is 11.0. The summed E-state index contributed by atoms with van der Waals surface area (Å²) < 4.78 is 5.22. The van der Waals surface area contributed by atoms with Crippen molar-refractivity contribution in [2.45, 2.75) is 44.9 Å². The van der Waals surface area contributed by atoms with E-state index in [0.29, 0.717) is 12.5 Å². The molecule has 0 bridgehead atoms. The number of esters is 1. The van der Waals surface area contributed by atoms with Crippen LogP contribution in [-0.4, -0.2) is 17.6 Å². The van der Waals surface area contributed by atoms with Crippen LogP contribution >= 0.6 is 0 Å². The molecule has 1 fully saturated rings. The van der Waals surface area contributed by atoms with Gasteiger partial charge >= 0.3 is 5.97 Å². The normalized spacial score (nSPS) is 23.6. The predicted molar refractivity (Wildman–Crippen MR) is 70.2 cm³/mol. The van der Waals surface area contributed by atoms with Gasteiger partial charge in [-0.15, -0.1) is 0 Å². The Morgan fingerprint density at radius 2 is 2.17 bits per heavy atom. The molecule has 18 heavy (non-hydrogen) atoms. The summed E-state index contributed by atoms with van der Waals surface area (Å²) in [6.45, 7) is 2.58. The molecule has 0 amide bonds. The molecular weight excluding hydrogens is 226 g/mol. The summed E-state index contributed by atoms with van der Waals surface area (Å²) in [6.07, 6.45) is 8.67. The average molecular weight is 247 g/mol. The molecular formula is C15H21NO2. The third-order valence-corrected chi connectivity index (χ3v) is 3.66. The molecule has 1 heterocycles. The highest BCUT2D eigenvalue weighted by Gasteiger charge is 2.27. The summed E-state index contributed by atoms with van der Waals surface area (Å²) >= 11 is 0. The fourth-order valence-electron chi connectivity index (χ4n) is 2.60. The lowest BCUT2D eigenvalue weighted by Crippen LogP contribution is -2.23. The second-order valence-corrected chi connectivity index (χ2v) is 5.00. The lowest BCUT2D eigenvalue weighted by Gasteiger charge is -2.27. The molecule has 0 atom stereocenters. The van der Waals surface area contributed by atoms with E-state index >= 15 is 0 Å². The lowest BCUT2D eigenvalue weighted by molar-refractivity contribution is -0.149. The highest BCUT2D eigenvalue weighted by Crippen LogP contribution is 2.35. The summed E-state index contributed by atoms with van der Waals surface area (Å²) in [4.78, 5) is 15.9. The van der Waals surface area contributed by atoms with Crippen LogP contribution in [0.4, 0.5) is 0 Å². The molecule has 1 aliphatic carbocycles. The number of ether oxygens (including phenoxy) is 1. The molecule has 0 N–H and O–H groups in total. The Balaban J connectivity index is 1.83. The van der Waals surface area contributed by atoms with Crippen LogP contribution in [0.25, 0.3) is 0 Å². The van der Waals surface area contributed by atoms with Gasteiger partial charge in [0.2, 0.25) is 0 Å². The quantitative estimate of drug-likeness (QED) is 0.766. The number of carbonyl (C=O) groups is 1. The van der Waals surface area contributed by atoms with E-state index in [1.165, 1.54) is 5.56 Å². The first-order valence-corrected chi connectivity index (χ1v) is 6.87. The molecule has 2 rings (SSSR count). The van der Waals surface area contributed by atoms with Gasteiger partial charge in [-0.1, -0.05) is 13.0 Å². The topological polar surface area (TPSA) is 39.2 Å². The van der Waals surface area contributed by atoms with Crippen LogP contribution in [0, 0.1) is 5.92 Å². The van der Waals surface area contributed by atoms with Gasteiger partial charge in [0.15, 0.2) is 0 Å². The standard InChI is InChI=1S/C15H21NO2/c1-2-10-18-15(17)13-7-5-12(6-8-13)14-4-3-9-16-11-14/h3-4,9,11-13H,2,5-8,10H2,1H3. The first-order chi connectivity index (χ1) is 8.81. The van der Waals surface area contributed by atoms with Crippen molar-refractivity contribution >= 4 is 5.97 Å². The smallest absolute Gasteiger partial charge is 0.308 e. The molecule has 1 aliphatic rings. The van der Waals surface area contributed by atoms with Crippen molar-refractivity contribution in [3.63, 3.8) is 0 Å². The van der Waals surface area contributed by atoms with Gasteiger partial charge in [-0.2, -0.15) is 0 Å². The van der Waals surface area contributed by atoms with Crippen LogP contribution in [0.3, 0.4) is 0 Å². The Morgan fingerprint density at radius 1 is 1.39 bits per heavy atom. The maximum Gasteiger partial charge on any atom is 0.308 e. The van der Waals surface area contributed by atoms with Crippen LogP contribution in [0.15, 0.2) is 24.5 Å². The van der Waals surface area contributed by atoms with Gasteiger partial charge in [0.25, 0.3) is 0 Å². The molecule has 0 radical (unpaired) electrons. The largest absolute Gasteiger partial charge is 0.465 e. The zero-order chi connectivity index (χ0) is 12.8. The molecule has 3 heteroatoms. The molecule has 0 aliphatic heterocycles. The summed E-state index contributed by atoms with van der Waals surface area (Å²) in [7, 11) is 0. The van der Waals surface area contributed by atoms with Crippen molar-refractivity contribution in [3.05, 3.63) is 30.1 Å². The summed E-state index contributed by atoms with van der Waals surface area (Å²) in [5.41, 5.74) is 1.30. The first kappa shape index (κ1) is 13.1. The highest BCUT2D eigenvalue weighted by atomic mass is 16.5.